The van der Waals surface area contributed by atoms with Crippen molar-refractivity contribution >= 4 is 5.97 Å². The molecule has 0 radical (unpaired) electrons. The van der Waals surface area contributed by atoms with Crippen molar-refractivity contribution in [2.24, 2.45) is 5.92 Å². The highest BCUT2D eigenvalue weighted by molar-refractivity contribution is 5.72. The van der Waals surface area contributed by atoms with Crippen molar-refractivity contribution in [1.82, 2.24) is 15.0 Å². The minimum Gasteiger partial charge on any atom is -0.466 e. The predicted molar refractivity (Wildman–Crippen MR) is 89.4 cm³/mol. The molecule has 2 aromatic rings. The fourth-order valence-corrected chi connectivity index (χ4v) is 3.02. The molecule has 0 unspecified atom stereocenters. The Bertz CT molecular complexity index is 766. The van der Waals surface area contributed by atoms with Gasteiger partial charge in [-0.2, -0.15) is 18.2 Å². The van der Waals surface area contributed by atoms with Crippen LogP contribution in [0.3, 0.4) is 0 Å². The lowest BCUT2D eigenvalue weighted by atomic mass is 9.97. The fraction of sp³-hybridized carbons (Fsp3) is 0.500. The van der Waals surface area contributed by atoms with Gasteiger partial charge in [-0.25, -0.2) is 0 Å². The predicted octanol–water partition coefficient (Wildman–Crippen LogP) is 3.53. The number of halogens is 3. The Morgan fingerprint density at radius 3 is 2.52 bits per heavy atom. The molecule has 146 valence electrons. The molecule has 9 heteroatoms. The third kappa shape index (κ3) is 4.85. The number of piperidine rings is 1. The first-order valence-corrected chi connectivity index (χ1v) is 8.76. The summed E-state index contributed by atoms with van der Waals surface area (Å²) in [4.78, 5) is 18.1. The Morgan fingerprint density at radius 1 is 1.26 bits per heavy atom. The maximum Gasteiger partial charge on any atom is 0.416 e. The van der Waals surface area contributed by atoms with Crippen LogP contribution in [0.5, 0.6) is 0 Å². The maximum atomic E-state index is 12.6. The van der Waals surface area contributed by atoms with Gasteiger partial charge in [0, 0.05) is 5.56 Å². The molecule has 1 aromatic carbocycles. The third-order valence-electron chi connectivity index (χ3n) is 4.50. The quantitative estimate of drug-likeness (QED) is 0.736. The monoisotopic (exact) mass is 383 g/mol. The van der Waals surface area contributed by atoms with E-state index in [-0.39, 0.29) is 17.8 Å². The Labute approximate surface area is 154 Å². The number of carbonyl (C=O) groups is 1. The SMILES string of the molecule is CCOC(=O)C1CCN(Cc2noc(-c3ccc(C(F)(F)F)cc3)n2)CC1. The Balaban J connectivity index is 1.57. The zero-order valence-corrected chi connectivity index (χ0v) is 14.8. The lowest BCUT2D eigenvalue weighted by Crippen LogP contribution is -2.36. The van der Waals surface area contributed by atoms with E-state index in [1.54, 1.807) is 6.92 Å². The highest BCUT2D eigenvalue weighted by Crippen LogP contribution is 2.30. The molecule has 1 aromatic heterocycles. The molecule has 0 amide bonds. The lowest BCUT2D eigenvalue weighted by Gasteiger charge is -2.29. The summed E-state index contributed by atoms with van der Waals surface area (Å²) < 4.78 is 48.1. The van der Waals surface area contributed by atoms with E-state index < -0.39 is 11.7 Å². The molecule has 1 aliphatic heterocycles. The number of benzene rings is 1. The largest absolute Gasteiger partial charge is 0.466 e. The van der Waals surface area contributed by atoms with Gasteiger partial charge in [-0.1, -0.05) is 5.16 Å². The zero-order chi connectivity index (χ0) is 19.4. The maximum absolute atomic E-state index is 12.6. The van der Waals surface area contributed by atoms with Crippen LogP contribution in [0.2, 0.25) is 0 Å². The summed E-state index contributed by atoms with van der Waals surface area (Å²) in [5.74, 6) is 0.412. The van der Waals surface area contributed by atoms with Gasteiger partial charge in [0.05, 0.1) is 24.6 Å². The van der Waals surface area contributed by atoms with Gasteiger partial charge in [-0.3, -0.25) is 9.69 Å². The molecule has 3 rings (SSSR count). The highest BCUT2D eigenvalue weighted by Gasteiger charge is 2.30. The fourth-order valence-electron chi connectivity index (χ4n) is 3.02. The van der Waals surface area contributed by atoms with Crippen molar-refractivity contribution in [2.75, 3.05) is 19.7 Å². The molecule has 2 heterocycles. The summed E-state index contributed by atoms with van der Waals surface area (Å²) in [6, 6.07) is 4.59. The average molecular weight is 383 g/mol. The van der Waals surface area contributed by atoms with Crippen LogP contribution in [-0.4, -0.2) is 40.7 Å². The molecule has 0 N–H and O–H groups in total. The van der Waals surface area contributed by atoms with Gasteiger partial charge in [0.2, 0.25) is 0 Å². The van der Waals surface area contributed by atoms with Crippen molar-refractivity contribution < 1.29 is 27.2 Å². The number of aromatic nitrogens is 2. The molecular formula is C18H20F3N3O3. The molecule has 0 atom stereocenters. The Kier molecular flexibility index (Phi) is 5.79. The number of rotatable bonds is 5. The number of carbonyl (C=O) groups excluding carboxylic acids is 1. The van der Waals surface area contributed by atoms with E-state index in [1.807, 2.05) is 0 Å². The number of ether oxygens (including phenoxy) is 1. The lowest BCUT2D eigenvalue weighted by molar-refractivity contribution is -0.149. The molecule has 27 heavy (non-hydrogen) atoms. The molecule has 6 nitrogen and oxygen atoms in total. The first kappa shape index (κ1) is 19.3. The number of likely N-dealkylation sites (tertiary alicyclic amines) is 1. The van der Waals surface area contributed by atoms with E-state index >= 15 is 0 Å². The second kappa shape index (κ2) is 8.08. The van der Waals surface area contributed by atoms with Gasteiger partial charge < -0.3 is 9.26 Å². The summed E-state index contributed by atoms with van der Waals surface area (Å²) in [6.45, 7) is 4.06. The van der Waals surface area contributed by atoms with Crippen molar-refractivity contribution in [2.45, 2.75) is 32.5 Å². The van der Waals surface area contributed by atoms with Crippen molar-refractivity contribution in [1.29, 1.82) is 0 Å². The Hall–Kier alpha value is -2.42. The minimum absolute atomic E-state index is 0.0748. The van der Waals surface area contributed by atoms with Crippen LogP contribution >= 0.6 is 0 Å². The molecule has 0 spiro atoms. The van der Waals surface area contributed by atoms with E-state index in [2.05, 4.69) is 15.0 Å². The second-order valence-corrected chi connectivity index (χ2v) is 6.39. The second-order valence-electron chi connectivity index (χ2n) is 6.39. The highest BCUT2D eigenvalue weighted by atomic mass is 19.4. The van der Waals surface area contributed by atoms with Gasteiger partial charge in [0.25, 0.3) is 5.89 Å². The Morgan fingerprint density at radius 2 is 1.93 bits per heavy atom. The standard InChI is InChI=1S/C18H20F3N3O3/c1-2-26-17(25)13-7-9-24(10-8-13)11-15-22-16(27-23-15)12-3-5-14(6-4-12)18(19,20)21/h3-6,13H,2,7-11H2,1H3. The topological polar surface area (TPSA) is 68.5 Å². The molecular weight excluding hydrogens is 363 g/mol. The van der Waals surface area contributed by atoms with Gasteiger partial charge in [-0.15, -0.1) is 0 Å². The van der Waals surface area contributed by atoms with E-state index in [0.717, 1.165) is 12.1 Å². The van der Waals surface area contributed by atoms with E-state index in [9.17, 15) is 18.0 Å². The summed E-state index contributed by atoms with van der Waals surface area (Å²) in [6.07, 6.45) is -2.96. The van der Waals surface area contributed by atoms with Crippen LogP contribution in [0.25, 0.3) is 11.5 Å². The minimum atomic E-state index is -4.38. The molecule has 0 aliphatic carbocycles. The summed E-state index contributed by atoms with van der Waals surface area (Å²) >= 11 is 0. The van der Waals surface area contributed by atoms with Gasteiger partial charge in [0.15, 0.2) is 5.82 Å². The number of nitrogens with zero attached hydrogens (tertiary/aromatic N) is 3. The summed E-state index contributed by atoms with van der Waals surface area (Å²) in [5.41, 5.74) is -0.293. The van der Waals surface area contributed by atoms with Crippen molar-refractivity contribution in [3.05, 3.63) is 35.7 Å². The number of alkyl halides is 3. The van der Waals surface area contributed by atoms with Crippen LogP contribution < -0.4 is 0 Å². The smallest absolute Gasteiger partial charge is 0.416 e. The van der Waals surface area contributed by atoms with E-state index in [1.165, 1.54) is 12.1 Å². The molecule has 0 saturated carbocycles. The number of hydrogen-bond donors (Lipinski definition) is 0. The zero-order valence-electron chi connectivity index (χ0n) is 14.8. The van der Waals surface area contributed by atoms with Crippen LogP contribution in [-0.2, 0) is 22.3 Å². The molecule has 1 fully saturated rings. The van der Waals surface area contributed by atoms with Crippen LogP contribution in [0.15, 0.2) is 28.8 Å². The summed E-state index contributed by atoms with van der Waals surface area (Å²) in [7, 11) is 0. The van der Waals surface area contributed by atoms with Crippen molar-refractivity contribution in [3.8, 4) is 11.5 Å². The van der Waals surface area contributed by atoms with Gasteiger partial charge >= 0.3 is 12.1 Å². The summed E-state index contributed by atoms with van der Waals surface area (Å²) in [5, 5.41) is 3.90. The van der Waals surface area contributed by atoms with Crippen LogP contribution in [0.1, 0.15) is 31.2 Å². The van der Waals surface area contributed by atoms with Crippen LogP contribution in [0.4, 0.5) is 13.2 Å². The molecule has 0 bridgehead atoms. The average Bonchev–Trinajstić information content (AvgIpc) is 3.10. The van der Waals surface area contributed by atoms with Crippen molar-refractivity contribution in [3.63, 3.8) is 0 Å². The van der Waals surface area contributed by atoms with E-state index in [0.29, 0.717) is 50.5 Å². The number of esters is 1. The first-order valence-electron chi connectivity index (χ1n) is 8.76. The molecule has 1 saturated heterocycles. The van der Waals surface area contributed by atoms with E-state index in [4.69, 9.17) is 9.26 Å². The molecule has 1 aliphatic rings. The normalized spacial score (nSPS) is 16.4. The van der Waals surface area contributed by atoms with Crippen LogP contribution in [0, 0.1) is 5.92 Å². The number of hydrogen-bond acceptors (Lipinski definition) is 6. The van der Waals surface area contributed by atoms with Gasteiger partial charge in [0.1, 0.15) is 0 Å². The third-order valence-corrected chi connectivity index (χ3v) is 4.50. The van der Waals surface area contributed by atoms with Gasteiger partial charge in [-0.05, 0) is 57.1 Å². The first-order chi connectivity index (χ1) is 12.9.